The highest BCUT2D eigenvalue weighted by molar-refractivity contribution is 7.94. The lowest BCUT2D eigenvalue weighted by molar-refractivity contribution is -0.123. The fourth-order valence-corrected chi connectivity index (χ4v) is 5.05. The summed E-state index contributed by atoms with van der Waals surface area (Å²) in [6.07, 6.45) is 1.49. The van der Waals surface area contributed by atoms with Crippen molar-refractivity contribution < 1.29 is 22.4 Å². The van der Waals surface area contributed by atoms with Crippen LogP contribution in [0.3, 0.4) is 0 Å². The van der Waals surface area contributed by atoms with Crippen LogP contribution >= 0.6 is 11.6 Å². The number of carbonyl (C=O) groups is 2. The SMILES string of the molecule is CC1(C)CS(=O)(=O)N(c2ccc(Cl)c(C(=O)NCc3ccco3)c2)C1=O. The topological polar surface area (TPSA) is 96.7 Å². The summed E-state index contributed by atoms with van der Waals surface area (Å²) in [6.45, 7) is 3.29. The fourth-order valence-electron chi connectivity index (χ4n) is 2.75. The number of nitrogens with one attached hydrogen (secondary N) is 1. The number of hydrogen-bond acceptors (Lipinski definition) is 5. The van der Waals surface area contributed by atoms with Crippen molar-refractivity contribution in [2.24, 2.45) is 5.41 Å². The van der Waals surface area contributed by atoms with Crippen LogP contribution in [0.25, 0.3) is 0 Å². The first kappa shape index (κ1) is 18.5. The molecule has 1 aliphatic heterocycles. The number of sulfonamides is 1. The quantitative estimate of drug-likeness (QED) is 0.856. The zero-order valence-corrected chi connectivity index (χ0v) is 15.7. The molecule has 1 N–H and O–H groups in total. The zero-order valence-electron chi connectivity index (χ0n) is 14.2. The molecule has 0 spiro atoms. The molecule has 1 aromatic heterocycles. The number of furan rings is 1. The molecule has 1 saturated heterocycles. The molecule has 1 fully saturated rings. The van der Waals surface area contributed by atoms with Crippen molar-refractivity contribution in [3.8, 4) is 0 Å². The van der Waals surface area contributed by atoms with Crippen LogP contribution in [0.15, 0.2) is 41.0 Å². The van der Waals surface area contributed by atoms with Gasteiger partial charge in [-0.1, -0.05) is 11.6 Å². The third-order valence-corrected chi connectivity index (χ3v) is 6.37. The van der Waals surface area contributed by atoms with E-state index < -0.39 is 27.3 Å². The summed E-state index contributed by atoms with van der Waals surface area (Å²) in [4.78, 5) is 24.9. The standard InChI is InChI=1S/C17H17ClN2O5S/c1-17(2)10-26(23,24)20(16(17)22)11-5-6-14(18)13(8-11)15(21)19-9-12-4-3-7-25-12/h3-8H,9-10H2,1-2H3,(H,19,21). The highest BCUT2D eigenvalue weighted by Crippen LogP contribution is 2.36. The third-order valence-electron chi connectivity index (χ3n) is 4.02. The molecule has 7 nitrogen and oxygen atoms in total. The smallest absolute Gasteiger partial charge is 0.253 e. The zero-order chi connectivity index (χ0) is 19.1. The summed E-state index contributed by atoms with van der Waals surface area (Å²) in [6, 6.07) is 7.50. The lowest BCUT2D eigenvalue weighted by Gasteiger charge is -2.18. The van der Waals surface area contributed by atoms with E-state index in [1.807, 2.05) is 0 Å². The van der Waals surface area contributed by atoms with Gasteiger partial charge in [-0.25, -0.2) is 12.7 Å². The maximum absolute atomic E-state index is 12.5. The van der Waals surface area contributed by atoms with Gasteiger partial charge >= 0.3 is 0 Å². The molecule has 0 radical (unpaired) electrons. The molecule has 0 saturated carbocycles. The van der Waals surface area contributed by atoms with Crippen molar-refractivity contribution in [1.29, 1.82) is 0 Å². The van der Waals surface area contributed by atoms with Gasteiger partial charge in [0.1, 0.15) is 5.76 Å². The molecule has 3 rings (SSSR count). The maximum Gasteiger partial charge on any atom is 0.253 e. The van der Waals surface area contributed by atoms with Gasteiger partial charge in [0, 0.05) is 0 Å². The Bertz CT molecular complexity index is 967. The van der Waals surface area contributed by atoms with Crippen molar-refractivity contribution in [3.63, 3.8) is 0 Å². The summed E-state index contributed by atoms with van der Waals surface area (Å²) in [5, 5.41) is 2.79. The third kappa shape index (κ3) is 3.34. The van der Waals surface area contributed by atoms with Crippen molar-refractivity contribution in [3.05, 3.63) is 52.9 Å². The Morgan fingerprint density at radius 2 is 2.08 bits per heavy atom. The van der Waals surface area contributed by atoms with Gasteiger partial charge in [0.15, 0.2) is 0 Å². The van der Waals surface area contributed by atoms with Gasteiger partial charge in [-0.05, 0) is 44.2 Å². The summed E-state index contributed by atoms with van der Waals surface area (Å²) < 4.78 is 30.7. The van der Waals surface area contributed by atoms with E-state index >= 15 is 0 Å². The Hall–Kier alpha value is -2.32. The van der Waals surface area contributed by atoms with Gasteiger partial charge in [0.2, 0.25) is 15.9 Å². The maximum atomic E-state index is 12.5. The van der Waals surface area contributed by atoms with Crippen molar-refractivity contribution >= 4 is 39.1 Å². The first-order valence-corrected chi connectivity index (χ1v) is 9.78. The number of rotatable bonds is 4. The molecule has 0 atom stereocenters. The Morgan fingerprint density at radius 3 is 2.65 bits per heavy atom. The average Bonchev–Trinajstić information content (AvgIpc) is 3.11. The number of hydrogen-bond donors (Lipinski definition) is 1. The number of anilines is 1. The monoisotopic (exact) mass is 396 g/mol. The van der Waals surface area contributed by atoms with E-state index in [9.17, 15) is 18.0 Å². The Morgan fingerprint density at radius 1 is 1.35 bits per heavy atom. The van der Waals surface area contributed by atoms with E-state index in [0.717, 1.165) is 4.31 Å². The van der Waals surface area contributed by atoms with Crippen LogP contribution in [0.2, 0.25) is 5.02 Å². The first-order valence-electron chi connectivity index (χ1n) is 7.79. The van der Waals surface area contributed by atoms with Gasteiger partial charge in [-0.15, -0.1) is 0 Å². The van der Waals surface area contributed by atoms with Crippen LogP contribution in [0.4, 0.5) is 5.69 Å². The minimum Gasteiger partial charge on any atom is -0.467 e. The van der Waals surface area contributed by atoms with E-state index in [2.05, 4.69) is 5.32 Å². The summed E-state index contributed by atoms with van der Waals surface area (Å²) in [7, 11) is -3.81. The van der Waals surface area contributed by atoms with E-state index in [1.165, 1.54) is 24.5 Å². The Balaban J connectivity index is 1.90. The fraction of sp³-hybridized carbons (Fsp3) is 0.294. The van der Waals surface area contributed by atoms with E-state index in [4.69, 9.17) is 16.0 Å². The first-order chi connectivity index (χ1) is 12.1. The van der Waals surface area contributed by atoms with E-state index in [0.29, 0.717) is 5.76 Å². The molecule has 2 aromatic rings. The predicted octanol–water partition coefficient (Wildman–Crippen LogP) is 2.57. The second-order valence-electron chi connectivity index (χ2n) is 6.64. The van der Waals surface area contributed by atoms with Crippen LogP contribution < -0.4 is 9.62 Å². The normalized spacial score (nSPS) is 18.1. The van der Waals surface area contributed by atoms with Crippen LogP contribution in [0.5, 0.6) is 0 Å². The molecule has 0 bridgehead atoms. The molecule has 1 aliphatic rings. The highest BCUT2D eigenvalue weighted by atomic mass is 35.5. The Labute approximate surface area is 156 Å². The van der Waals surface area contributed by atoms with Crippen molar-refractivity contribution in [2.75, 3.05) is 10.1 Å². The average molecular weight is 397 g/mol. The second-order valence-corrected chi connectivity index (χ2v) is 8.86. The molecule has 1 aromatic carbocycles. The molecule has 9 heteroatoms. The summed E-state index contributed by atoms with van der Waals surface area (Å²) in [5.74, 6) is -0.774. The molecule has 26 heavy (non-hydrogen) atoms. The van der Waals surface area contributed by atoms with E-state index in [-0.39, 0.29) is 28.6 Å². The largest absolute Gasteiger partial charge is 0.467 e. The molecule has 0 aliphatic carbocycles. The van der Waals surface area contributed by atoms with Gasteiger partial charge < -0.3 is 9.73 Å². The van der Waals surface area contributed by atoms with Gasteiger partial charge in [0.25, 0.3) is 5.91 Å². The minimum absolute atomic E-state index is 0.0726. The lowest BCUT2D eigenvalue weighted by atomic mass is 9.95. The Kier molecular flexibility index (Phi) is 4.58. The molecule has 138 valence electrons. The number of amides is 2. The molecular formula is C17H17ClN2O5S. The number of benzene rings is 1. The number of halogens is 1. The summed E-state index contributed by atoms with van der Waals surface area (Å²) in [5.41, 5.74) is -0.864. The van der Waals surface area contributed by atoms with Crippen molar-refractivity contribution in [1.82, 2.24) is 5.32 Å². The highest BCUT2D eigenvalue weighted by Gasteiger charge is 2.50. The van der Waals surface area contributed by atoms with Crippen LogP contribution in [-0.4, -0.2) is 26.0 Å². The van der Waals surface area contributed by atoms with Gasteiger partial charge in [-0.3, -0.25) is 9.59 Å². The van der Waals surface area contributed by atoms with Crippen LogP contribution in [0, 0.1) is 5.41 Å². The second kappa shape index (κ2) is 6.44. The van der Waals surface area contributed by atoms with Crippen molar-refractivity contribution in [2.45, 2.75) is 20.4 Å². The molecule has 0 unspecified atom stereocenters. The number of nitrogens with zero attached hydrogens (tertiary/aromatic N) is 1. The summed E-state index contributed by atoms with van der Waals surface area (Å²) >= 11 is 6.08. The van der Waals surface area contributed by atoms with Gasteiger partial charge in [-0.2, -0.15) is 0 Å². The molecular weight excluding hydrogens is 380 g/mol. The van der Waals surface area contributed by atoms with Gasteiger partial charge in [0.05, 0.1) is 40.2 Å². The van der Waals surface area contributed by atoms with E-state index in [1.54, 1.807) is 26.0 Å². The van der Waals surface area contributed by atoms with Crippen LogP contribution in [-0.2, 0) is 21.4 Å². The lowest BCUT2D eigenvalue weighted by Crippen LogP contribution is -2.33. The molecule has 2 heterocycles. The predicted molar refractivity (Wildman–Crippen MR) is 96.4 cm³/mol. The van der Waals surface area contributed by atoms with Crippen LogP contribution in [0.1, 0.15) is 30.0 Å². The molecule has 2 amide bonds. The number of carbonyl (C=O) groups excluding carboxylic acids is 2. The minimum atomic E-state index is -3.81.